The summed E-state index contributed by atoms with van der Waals surface area (Å²) in [6, 6.07) is -0.0472. The fraction of sp³-hybridized carbons (Fsp3) is 0.882. The summed E-state index contributed by atoms with van der Waals surface area (Å²) in [5.74, 6) is 0.685. The van der Waals surface area contributed by atoms with Gasteiger partial charge in [0.1, 0.15) is 11.6 Å². The molecule has 0 spiro atoms. The van der Waals surface area contributed by atoms with Crippen molar-refractivity contribution in [3.05, 3.63) is 0 Å². The van der Waals surface area contributed by atoms with Crippen LogP contribution in [0, 0.1) is 5.92 Å². The van der Waals surface area contributed by atoms with E-state index in [-0.39, 0.29) is 23.9 Å². The summed E-state index contributed by atoms with van der Waals surface area (Å²) >= 11 is 0. The van der Waals surface area contributed by atoms with E-state index in [9.17, 15) is 9.59 Å². The number of nitrogens with one attached hydrogen (secondary N) is 1. The summed E-state index contributed by atoms with van der Waals surface area (Å²) in [5.41, 5.74) is -0.681. The minimum atomic E-state index is -0.681. The molecule has 2 amide bonds. The van der Waals surface area contributed by atoms with Crippen LogP contribution in [0.2, 0.25) is 0 Å². The first-order valence-electron chi connectivity index (χ1n) is 8.65. The summed E-state index contributed by atoms with van der Waals surface area (Å²) in [4.78, 5) is 27.7. The molecule has 3 atom stereocenters. The Morgan fingerprint density at radius 2 is 1.76 bits per heavy atom. The lowest BCUT2D eigenvalue weighted by atomic mass is 9.80. The van der Waals surface area contributed by atoms with Gasteiger partial charge >= 0.3 is 0 Å². The van der Waals surface area contributed by atoms with Crippen LogP contribution in [0.25, 0.3) is 0 Å². The number of piperazine rings is 1. The van der Waals surface area contributed by atoms with Crippen LogP contribution in [0.5, 0.6) is 0 Å². The van der Waals surface area contributed by atoms with Crippen LogP contribution >= 0.6 is 0 Å². The monoisotopic (exact) mass is 294 g/mol. The van der Waals surface area contributed by atoms with Gasteiger partial charge in [-0.25, -0.2) is 0 Å². The average Bonchev–Trinajstić information content (AvgIpc) is 2.50. The molecular formula is C17H30N2O2. The molecule has 1 aliphatic heterocycles. The van der Waals surface area contributed by atoms with Gasteiger partial charge in [0, 0.05) is 6.04 Å². The van der Waals surface area contributed by atoms with E-state index in [1.807, 2.05) is 25.7 Å². The molecule has 2 fully saturated rings. The number of nitrogens with zero attached hydrogens (tertiary/aromatic N) is 1. The van der Waals surface area contributed by atoms with Gasteiger partial charge in [-0.2, -0.15) is 0 Å². The van der Waals surface area contributed by atoms with Crippen LogP contribution in [0.4, 0.5) is 0 Å². The number of amides is 2. The van der Waals surface area contributed by atoms with Crippen LogP contribution in [0.15, 0.2) is 0 Å². The second-order valence-electron chi connectivity index (χ2n) is 6.74. The van der Waals surface area contributed by atoms with Gasteiger partial charge in [0.2, 0.25) is 11.8 Å². The van der Waals surface area contributed by atoms with Crippen LogP contribution in [0.3, 0.4) is 0 Å². The highest BCUT2D eigenvalue weighted by Crippen LogP contribution is 2.35. The number of carbonyl (C=O) groups excluding carboxylic acids is 2. The van der Waals surface area contributed by atoms with Gasteiger partial charge in [-0.3, -0.25) is 9.59 Å². The zero-order valence-electron chi connectivity index (χ0n) is 13.9. The maximum atomic E-state index is 13.2. The van der Waals surface area contributed by atoms with E-state index >= 15 is 0 Å². The van der Waals surface area contributed by atoms with E-state index in [1.54, 1.807) is 0 Å². The number of rotatable bonds is 4. The van der Waals surface area contributed by atoms with Crippen molar-refractivity contribution in [3.8, 4) is 0 Å². The molecular weight excluding hydrogens is 264 g/mol. The smallest absolute Gasteiger partial charge is 0.249 e. The summed E-state index contributed by atoms with van der Waals surface area (Å²) in [6.45, 7) is 8.23. The van der Waals surface area contributed by atoms with Crippen LogP contribution in [0.1, 0.15) is 72.6 Å². The Kier molecular flexibility index (Phi) is 4.95. The molecule has 0 aromatic heterocycles. The van der Waals surface area contributed by atoms with Crippen molar-refractivity contribution in [1.82, 2.24) is 10.2 Å². The Bertz CT molecular complexity index is 404. The number of carbonyl (C=O) groups is 2. The maximum absolute atomic E-state index is 13.2. The zero-order valence-corrected chi connectivity index (χ0v) is 13.9. The summed E-state index contributed by atoms with van der Waals surface area (Å²) in [5, 5.41) is 3.03. The average molecular weight is 294 g/mol. The van der Waals surface area contributed by atoms with Crippen molar-refractivity contribution in [2.24, 2.45) is 5.92 Å². The quantitative estimate of drug-likeness (QED) is 0.866. The second kappa shape index (κ2) is 6.37. The molecule has 2 aliphatic rings. The highest BCUT2D eigenvalue weighted by Gasteiger charge is 2.51. The van der Waals surface area contributed by atoms with Crippen LogP contribution in [-0.4, -0.2) is 34.3 Å². The molecule has 2 rings (SSSR count). The van der Waals surface area contributed by atoms with Crippen molar-refractivity contribution >= 4 is 11.8 Å². The van der Waals surface area contributed by atoms with Crippen molar-refractivity contribution in [1.29, 1.82) is 0 Å². The van der Waals surface area contributed by atoms with Crippen molar-refractivity contribution in [3.63, 3.8) is 0 Å². The molecule has 21 heavy (non-hydrogen) atoms. The molecule has 3 unspecified atom stereocenters. The minimum Gasteiger partial charge on any atom is -0.340 e. The van der Waals surface area contributed by atoms with Crippen LogP contribution < -0.4 is 5.32 Å². The first-order valence-corrected chi connectivity index (χ1v) is 8.65. The zero-order chi connectivity index (χ0) is 15.6. The van der Waals surface area contributed by atoms with Crippen molar-refractivity contribution in [2.45, 2.75) is 90.3 Å². The molecule has 1 N–H and O–H groups in total. The van der Waals surface area contributed by atoms with Gasteiger partial charge in [-0.05, 0) is 38.0 Å². The Morgan fingerprint density at radius 1 is 1.14 bits per heavy atom. The maximum Gasteiger partial charge on any atom is 0.249 e. The lowest BCUT2D eigenvalue weighted by Gasteiger charge is -2.50. The van der Waals surface area contributed by atoms with E-state index < -0.39 is 5.54 Å². The van der Waals surface area contributed by atoms with Gasteiger partial charge in [0.25, 0.3) is 0 Å². The van der Waals surface area contributed by atoms with Gasteiger partial charge in [-0.1, -0.05) is 40.5 Å². The lowest BCUT2D eigenvalue weighted by molar-refractivity contribution is -0.160. The topological polar surface area (TPSA) is 49.4 Å². The Labute approximate surface area is 128 Å². The molecule has 1 heterocycles. The predicted molar refractivity (Wildman–Crippen MR) is 83.8 cm³/mol. The molecule has 4 heteroatoms. The molecule has 0 bridgehead atoms. The number of hydrogen-bond donors (Lipinski definition) is 1. The van der Waals surface area contributed by atoms with Gasteiger partial charge in [-0.15, -0.1) is 0 Å². The van der Waals surface area contributed by atoms with Gasteiger partial charge < -0.3 is 10.2 Å². The van der Waals surface area contributed by atoms with Gasteiger partial charge in [0.05, 0.1) is 0 Å². The minimum absolute atomic E-state index is 0.0403. The summed E-state index contributed by atoms with van der Waals surface area (Å²) < 4.78 is 0. The Hall–Kier alpha value is -1.06. The lowest BCUT2D eigenvalue weighted by Crippen LogP contribution is -2.72. The largest absolute Gasteiger partial charge is 0.340 e. The highest BCUT2D eigenvalue weighted by molar-refractivity contribution is 6.00. The molecule has 0 aromatic carbocycles. The first kappa shape index (κ1) is 16.3. The second-order valence-corrected chi connectivity index (χ2v) is 6.74. The third-order valence-corrected chi connectivity index (χ3v) is 5.66. The predicted octanol–water partition coefficient (Wildman–Crippen LogP) is 2.86. The molecule has 1 aliphatic carbocycles. The van der Waals surface area contributed by atoms with E-state index in [2.05, 4.69) is 12.2 Å². The van der Waals surface area contributed by atoms with Gasteiger partial charge in [0.15, 0.2) is 0 Å². The Balaban J connectivity index is 2.37. The summed E-state index contributed by atoms with van der Waals surface area (Å²) in [7, 11) is 0. The summed E-state index contributed by atoms with van der Waals surface area (Å²) in [6.07, 6.45) is 6.66. The molecule has 0 radical (unpaired) electrons. The van der Waals surface area contributed by atoms with E-state index in [0.29, 0.717) is 25.2 Å². The van der Waals surface area contributed by atoms with Crippen molar-refractivity contribution in [2.75, 3.05) is 0 Å². The molecule has 0 aromatic rings. The first-order chi connectivity index (χ1) is 10.0. The van der Waals surface area contributed by atoms with Crippen molar-refractivity contribution < 1.29 is 9.59 Å². The standard InChI is InChI=1S/C17H30N2O2/c1-5-13-15(20)18-17(6-2,7-3)16(21)19(13)14-11-9-8-10-12(14)4/h12-14H,5-11H2,1-4H3,(H,18,20). The third kappa shape index (κ3) is 2.69. The molecule has 120 valence electrons. The van der Waals surface area contributed by atoms with E-state index in [1.165, 1.54) is 12.8 Å². The Morgan fingerprint density at radius 3 is 2.29 bits per heavy atom. The highest BCUT2D eigenvalue weighted by atomic mass is 16.2. The molecule has 4 nitrogen and oxygen atoms in total. The van der Waals surface area contributed by atoms with Crippen LogP contribution in [-0.2, 0) is 9.59 Å². The fourth-order valence-electron chi connectivity index (χ4n) is 4.09. The fourth-order valence-corrected chi connectivity index (χ4v) is 4.09. The third-order valence-electron chi connectivity index (χ3n) is 5.66. The normalized spacial score (nSPS) is 33.0. The van der Waals surface area contributed by atoms with E-state index in [0.717, 1.165) is 12.8 Å². The number of hydrogen-bond acceptors (Lipinski definition) is 2. The SMILES string of the molecule is CCC1C(=O)NC(CC)(CC)C(=O)N1C1CCCCC1C. The molecule has 1 saturated carbocycles. The van der Waals surface area contributed by atoms with E-state index in [4.69, 9.17) is 0 Å². The molecule has 1 saturated heterocycles.